The fourth-order valence-corrected chi connectivity index (χ4v) is 4.92. The maximum Gasteiger partial charge on any atom is 0.167 e. The van der Waals surface area contributed by atoms with Gasteiger partial charge in [0.25, 0.3) is 0 Å². The summed E-state index contributed by atoms with van der Waals surface area (Å²) in [6.45, 7) is 2.96. The number of aliphatic hydroxyl groups excluding tert-OH is 1. The molecule has 0 bridgehead atoms. The van der Waals surface area contributed by atoms with E-state index >= 15 is 0 Å². The van der Waals surface area contributed by atoms with Crippen molar-refractivity contribution in [3.8, 4) is 5.75 Å². The van der Waals surface area contributed by atoms with Crippen molar-refractivity contribution in [2.24, 2.45) is 0 Å². The van der Waals surface area contributed by atoms with E-state index in [-0.39, 0.29) is 17.7 Å². The van der Waals surface area contributed by atoms with E-state index in [2.05, 4.69) is 14.9 Å². The minimum Gasteiger partial charge on any atom is -0.489 e. The number of nitrogens with one attached hydrogen (secondary N) is 2. The lowest BCUT2D eigenvalue weighted by Gasteiger charge is -2.15. The molecular formula is C25H23F2N3O2. The van der Waals surface area contributed by atoms with Crippen molar-refractivity contribution >= 4 is 43.6 Å². The smallest absolute Gasteiger partial charge is 0.167 e. The second-order valence-corrected chi connectivity index (χ2v) is 8.63. The maximum atomic E-state index is 14.0. The number of nitrogens with zero attached hydrogens (tertiary/aromatic N) is 1. The molecule has 164 valence electrons. The molecule has 3 N–H and O–H groups in total. The molecule has 5 aromatic rings. The molecule has 1 fully saturated rings. The van der Waals surface area contributed by atoms with Crippen LogP contribution in [0.5, 0.6) is 5.75 Å². The minimum atomic E-state index is -0.307. The molecule has 1 aliphatic heterocycles. The van der Waals surface area contributed by atoms with Gasteiger partial charge in [-0.25, -0.2) is 8.78 Å². The van der Waals surface area contributed by atoms with Crippen molar-refractivity contribution in [1.29, 1.82) is 0 Å². The number of rotatable bonds is 5. The van der Waals surface area contributed by atoms with Crippen LogP contribution in [0.15, 0.2) is 42.5 Å². The van der Waals surface area contributed by atoms with Crippen LogP contribution < -0.4 is 4.74 Å². The Morgan fingerprint density at radius 2 is 1.53 bits per heavy atom. The van der Waals surface area contributed by atoms with Gasteiger partial charge in [0.15, 0.2) is 5.75 Å². The van der Waals surface area contributed by atoms with E-state index in [0.29, 0.717) is 18.9 Å². The number of ether oxygens (including phenoxy) is 1. The molecule has 7 heteroatoms. The van der Waals surface area contributed by atoms with Crippen LogP contribution in [0.1, 0.15) is 12.8 Å². The molecule has 32 heavy (non-hydrogen) atoms. The zero-order valence-electron chi connectivity index (χ0n) is 17.4. The van der Waals surface area contributed by atoms with Crippen molar-refractivity contribution < 1.29 is 18.6 Å². The SMILES string of the molecule is OC1CCN(CCCOc2c3[nH]c4ccc(F)cc4c3cc3c2[nH]c2ccc(F)cc23)C1. The van der Waals surface area contributed by atoms with E-state index < -0.39 is 0 Å². The molecular weight excluding hydrogens is 412 g/mol. The van der Waals surface area contributed by atoms with Crippen LogP contribution in [0, 0.1) is 11.6 Å². The summed E-state index contributed by atoms with van der Waals surface area (Å²) in [5.41, 5.74) is 3.23. The number of H-pyrrole nitrogens is 2. The highest BCUT2D eigenvalue weighted by atomic mass is 19.1. The molecule has 5 nitrogen and oxygen atoms in total. The number of halogens is 2. The van der Waals surface area contributed by atoms with E-state index in [4.69, 9.17) is 4.74 Å². The summed E-state index contributed by atoms with van der Waals surface area (Å²) in [5, 5.41) is 12.9. The molecule has 0 saturated carbocycles. The normalized spacial score (nSPS) is 17.4. The van der Waals surface area contributed by atoms with Gasteiger partial charge in [-0.1, -0.05) is 0 Å². The average Bonchev–Trinajstić information content (AvgIpc) is 3.46. The Hall–Kier alpha value is -3.16. The van der Waals surface area contributed by atoms with Gasteiger partial charge in [0.2, 0.25) is 0 Å². The molecule has 0 radical (unpaired) electrons. The second-order valence-electron chi connectivity index (χ2n) is 8.63. The van der Waals surface area contributed by atoms with Gasteiger partial charge in [0, 0.05) is 52.2 Å². The van der Waals surface area contributed by atoms with Gasteiger partial charge >= 0.3 is 0 Å². The Morgan fingerprint density at radius 3 is 2.09 bits per heavy atom. The first kappa shape index (κ1) is 19.5. The van der Waals surface area contributed by atoms with Gasteiger partial charge in [0.05, 0.1) is 23.7 Å². The van der Waals surface area contributed by atoms with Crippen molar-refractivity contribution in [2.75, 3.05) is 26.2 Å². The average molecular weight is 435 g/mol. The monoisotopic (exact) mass is 435 g/mol. The number of benzene rings is 3. The Bertz CT molecular complexity index is 1380. The third-order valence-corrected chi connectivity index (χ3v) is 6.46. The third kappa shape index (κ3) is 3.20. The first-order valence-corrected chi connectivity index (χ1v) is 10.9. The van der Waals surface area contributed by atoms with Gasteiger partial charge in [-0.05, 0) is 55.3 Å². The molecule has 6 rings (SSSR count). The highest BCUT2D eigenvalue weighted by molar-refractivity contribution is 6.20. The number of likely N-dealkylation sites (tertiary alicyclic amines) is 1. The summed E-state index contributed by atoms with van der Waals surface area (Å²) in [5.74, 6) is 0.0460. The Labute approximate surface area is 182 Å². The maximum absolute atomic E-state index is 14.0. The summed E-state index contributed by atoms with van der Waals surface area (Å²) in [6, 6.07) is 11.3. The van der Waals surface area contributed by atoms with E-state index in [9.17, 15) is 13.9 Å². The number of aromatic amines is 2. The summed E-state index contributed by atoms with van der Waals surface area (Å²) in [4.78, 5) is 9.00. The number of hydrogen-bond donors (Lipinski definition) is 3. The fraction of sp³-hybridized carbons (Fsp3) is 0.280. The van der Waals surface area contributed by atoms with Crippen LogP contribution in [-0.4, -0.2) is 52.3 Å². The Kier molecular flexibility index (Phi) is 4.55. The minimum absolute atomic E-state index is 0.234. The van der Waals surface area contributed by atoms with Crippen LogP contribution in [0.3, 0.4) is 0 Å². The van der Waals surface area contributed by atoms with Crippen LogP contribution in [0.2, 0.25) is 0 Å². The molecule has 1 saturated heterocycles. The van der Waals surface area contributed by atoms with Crippen molar-refractivity contribution in [3.63, 3.8) is 0 Å². The Balaban J connectivity index is 1.45. The lowest BCUT2D eigenvalue weighted by atomic mass is 10.1. The van der Waals surface area contributed by atoms with Gasteiger partial charge in [-0.3, -0.25) is 0 Å². The summed E-state index contributed by atoms with van der Waals surface area (Å²) < 4.78 is 34.3. The number of fused-ring (bicyclic) bond motifs is 6. The molecule has 0 amide bonds. The van der Waals surface area contributed by atoms with E-state index in [1.165, 1.54) is 24.3 Å². The largest absolute Gasteiger partial charge is 0.489 e. The summed E-state index contributed by atoms with van der Waals surface area (Å²) in [6.07, 6.45) is 1.40. The zero-order chi connectivity index (χ0) is 21.8. The topological polar surface area (TPSA) is 64.3 Å². The number of aliphatic hydroxyl groups is 1. The molecule has 1 aliphatic rings. The molecule has 1 unspecified atom stereocenters. The van der Waals surface area contributed by atoms with Gasteiger partial charge in [-0.15, -0.1) is 0 Å². The lowest BCUT2D eigenvalue weighted by molar-refractivity contribution is 0.173. The number of aromatic nitrogens is 2. The first-order valence-electron chi connectivity index (χ1n) is 10.9. The molecule has 0 spiro atoms. The highest BCUT2D eigenvalue weighted by Gasteiger charge is 2.20. The van der Waals surface area contributed by atoms with E-state index in [0.717, 1.165) is 69.5 Å². The first-order chi connectivity index (χ1) is 15.6. The quantitative estimate of drug-likeness (QED) is 0.338. The predicted molar refractivity (Wildman–Crippen MR) is 122 cm³/mol. The van der Waals surface area contributed by atoms with Crippen LogP contribution in [-0.2, 0) is 0 Å². The molecule has 1 atom stereocenters. The second kappa shape index (κ2) is 7.46. The van der Waals surface area contributed by atoms with Crippen molar-refractivity contribution in [2.45, 2.75) is 18.9 Å². The zero-order valence-corrected chi connectivity index (χ0v) is 17.4. The molecule has 2 aromatic heterocycles. The lowest BCUT2D eigenvalue weighted by Crippen LogP contribution is -2.24. The third-order valence-electron chi connectivity index (χ3n) is 6.46. The standard InChI is InChI=1S/C25H23F2N3O2/c26-14-2-4-21-17(10-14)19-12-20-18-11-15(27)3-5-22(18)29-24(20)25(23(19)28-21)32-9-1-7-30-8-6-16(31)13-30/h2-5,10-12,16,28-29,31H,1,6-9,13H2. The Morgan fingerprint density at radius 1 is 0.906 bits per heavy atom. The van der Waals surface area contributed by atoms with Gasteiger partial charge < -0.3 is 24.7 Å². The summed E-state index contributed by atoms with van der Waals surface area (Å²) >= 11 is 0. The number of β-amino-alcohol motifs (C(OH)–C–C–N with tert-alkyl or cyclic N) is 1. The van der Waals surface area contributed by atoms with Crippen molar-refractivity contribution in [3.05, 3.63) is 54.1 Å². The van der Waals surface area contributed by atoms with Gasteiger partial charge in [0.1, 0.15) is 11.6 Å². The van der Waals surface area contributed by atoms with Crippen LogP contribution in [0.4, 0.5) is 8.78 Å². The number of hydrogen-bond acceptors (Lipinski definition) is 3. The van der Waals surface area contributed by atoms with Gasteiger partial charge in [-0.2, -0.15) is 0 Å². The highest BCUT2D eigenvalue weighted by Crippen LogP contribution is 2.41. The summed E-state index contributed by atoms with van der Waals surface area (Å²) in [7, 11) is 0. The van der Waals surface area contributed by atoms with Crippen LogP contribution in [0.25, 0.3) is 43.6 Å². The molecule has 3 aromatic carbocycles. The van der Waals surface area contributed by atoms with E-state index in [1.807, 2.05) is 6.07 Å². The molecule has 3 heterocycles. The van der Waals surface area contributed by atoms with Crippen LogP contribution >= 0.6 is 0 Å². The van der Waals surface area contributed by atoms with Crippen molar-refractivity contribution in [1.82, 2.24) is 14.9 Å². The molecule has 0 aliphatic carbocycles. The van der Waals surface area contributed by atoms with E-state index in [1.54, 1.807) is 12.1 Å². The fourth-order valence-electron chi connectivity index (χ4n) is 4.92. The predicted octanol–water partition coefficient (Wildman–Crippen LogP) is 5.07.